The Labute approximate surface area is 108 Å². The lowest BCUT2D eigenvalue weighted by Gasteiger charge is -2.36. The van der Waals surface area contributed by atoms with E-state index in [1.165, 1.54) is 0 Å². The number of hydrogen-bond acceptors (Lipinski definition) is 5. The van der Waals surface area contributed by atoms with E-state index in [9.17, 15) is 0 Å². The standard InChI is InChI=1S/C13H24O5/c1-2-15-12(8-6-7-9-12)17-18-13(16-14)10-4-3-5-11-13/h14H,2-11H2,1H3. The fourth-order valence-electron chi connectivity index (χ4n) is 2.86. The SMILES string of the molecule is CCOC1(OOC2(OO)CCCCC2)CCCC1. The molecule has 18 heavy (non-hydrogen) atoms. The topological polar surface area (TPSA) is 57.2 Å². The van der Waals surface area contributed by atoms with Gasteiger partial charge in [-0.2, -0.15) is 9.78 Å². The molecule has 2 aliphatic rings. The van der Waals surface area contributed by atoms with E-state index in [2.05, 4.69) is 4.89 Å². The Morgan fingerprint density at radius 3 is 1.89 bits per heavy atom. The van der Waals surface area contributed by atoms with Crippen LogP contribution in [-0.4, -0.2) is 23.4 Å². The van der Waals surface area contributed by atoms with Crippen LogP contribution < -0.4 is 0 Å². The van der Waals surface area contributed by atoms with Gasteiger partial charge < -0.3 is 4.74 Å². The molecular formula is C13H24O5. The molecule has 0 aromatic carbocycles. The van der Waals surface area contributed by atoms with E-state index in [-0.39, 0.29) is 0 Å². The van der Waals surface area contributed by atoms with Crippen molar-refractivity contribution < 1.29 is 24.7 Å². The molecule has 5 nitrogen and oxygen atoms in total. The maximum absolute atomic E-state index is 9.08. The molecule has 0 bridgehead atoms. The van der Waals surface area contributed by atoms with E-state index in [1.54, 1.807) is 0 Å². The van der Waals surface area contributed by atoms with Gasteiger partial charge in [-0.3, -0.25) is 0 Å². The van der Waals surface area contributed by atoms with Gasteiger partial charge in [-0.25, -0.2) is 10.1 Å². The molecule has 5 heteroatoms. The third-order valence-corrected chi connectivity index (χ3v) is 3.90. The molecular weight excluding hydrogens is 236 g/mol. The zero-order valence-corrected chi connectivity index (χ0v) is 11.2. The summed E-state index contributed by atoms with van der Waals surface area (Å²) in [6, 6.07) is 0. The summed E-state index contributed by atoms with van der Waals surface area (Å²) < 4.78 is 5.69. The molecule has 1 N–H and O–H groups in total. The van der Waals surface area contributed by atoms with E-state index in [0.29, 0.717) is 19.4 Å². The summed E-state index contributed by atoms with van der Waals surface area (Å²) in [7, 11) is 0. The summed E-state index contributed by atoms with van der Waals surface area (Å²) in [5, 5.41) is 9.08. The van der Waals surface area contributed by atoms with Crippen LogP contribution in [0, 0.1) is 0 Å². The Kier molecular flexibility index (Phi) is 4.98. The van der Waals surface area contributed by atoms with Crippen LogP contribution in [0.1, 0.15) is 64.7 Å². The van der Waals surface area contributed by atoms with Crippen molar-refractivity contribution in [3.8, 4) is 0 Å². The molecule has 0 amide bonds. The van der Waals surface area contributed by atoms with E-state index in [1.807, 2.05) is 6.92 Å². The Morgan fingerprint density at radius 2 is 1.33 bits per heavy atom. The molecule has 106 valence electrons. The zero-order chi connectivity index (χ0) is 12.9. The first-order chi connectivity index (χ1) is 8.74. The smallest absolute Gasteiger partial charge is 0.233 e. The second-order valence-electron chi connectivity index (χ2n) is 5.28. The van der Waals surface area contributed by atoms with Crippen LogP contribution in [0.15, 0.2) is 0 Å². The van der Waals surface area contributed by atoms with Gasteiger partial charge in [0.05, 0.1) is 0 Å². The van der Waals surface area contributed by atoms with Gasteiger partial charge in [0.25, 0.3) is 0 Å². The van der Waals surface area contributed by atoms with E-state index < -0.39 is 11.6 Å². The van der Waals surface area contributed by atoms with Gasteiger partial charge in [0, 0.05) is 32.3 Å². The average Bonchev–Trinajstić information content (AvgIpc) is 2.87. The lowest BCUT2D eigenvalue weighted by molar-refractivity contribution is -0.548. The number of rotatable bonds is 6. The molecule has 2 rings (SSSR count). The van der Waals surface area contributed by atoms with E-state index >= 15 is 0 Å². The van der Waals surface area contributed by atoms with Gasteiger partial charge in [0.1, 0.15) is 0 Å². The highest BCUT2D eigenvalue weighted by atomic mass is 17.3. The van der Waals surface area contributed by atoms with Gasteiger partial charge in [-0.05, 0) is 32.6 Å². The second kappa shape index (κ2) is 6.30. The van der Waals surface area contributed by atoms with Gasteiger partial charge >= 0.3 is 0 Å². The second-order valence-corrected chi connectivity index (χ2v) is 5.28. The predicted molar refractivity (Wildman–Crippen MR) is 64.5 cm³/mol. The summed E-state index contributed by atoms with van der Waals surface area (Å²) in [6.45, 7) is 2.54. The van der Waals surface area contributed by atoms with Crippen LogP contribution in [0.2, 0.25) is 0 Å². The third-order valence-electron chi connectivity index (χ3n) is 3.90. The minimum absolute atomic E-state index is 0.594. The average molecular weight is 260 g/mol. The van der Waals surface area contributed by atoms with Crippen molar-refractivity contribution in [3.63, 3.8) is 0 Å². The van der Waals surface area contributed by atoms with Crippen LogP contribution in [-0.2, 0) is 19.4 Å². The van der Waals surface area contributed by atoms with Crippen molar-refractivity contribution in [1.29, 1.82) is 0 Å². The summed E-state index contributed by atoms with van der Waals surface area (Å²) in [5.41, 5.74) is 0. The van der Waals surface area contributed by atoms with E-state index in [4.69, 9.17) is 19.8 Å². The van der Waals surface area contributed by atoms with Crippen LogP contribution in [0.3, 0.4) is 0 Å². The molecule has 0 unspecified atom stereocenters. The van der Waals surface area contributed by atoms with Crippen LogP contribution in [0.5, 0.6) is 0 Å². The molecule has 0 spiro atoms. The Hall–Kier alpha value is -0.200. The number of ether oxygens (including phenoxy) is 1. The molecule has 0 radical (unpaired) electrons. The molecule has 0 aromatic heterocycles. The van der Waals surface area contributed by atoms with Gasteiger partial charge in [-0.15, -0.1) is 0 Å². The largest absolute Gasteiger partial charge is 0.348 e. The van der Waals surface area contributed by atoms with Crippen LogP contribution in [0.4, 0.5) is 0 Å². The van der Waals surface area contributed by atoms with Crippen molar-refractivity contribution in [2.75, 3.05) is 6.61 Å². The summed E-state index contributed by atoms with van der Waals surface area (Å²) >= 11 is 0. The Morgan fingerprint density at radius 1 is 0.833 bits per heavy atom. The predicted octanol–water partition coefficient (Wildman–Crippen LogP) is 3.39. The fraction of sp³-hybridized carbons (Fsp3) is 1.00. The lowest BCUT2D eigenvalue weighted by Crippen LogP contribution is -2.42. The van der Waals surface area contributed by atoms with Gasteiger partial charge in [0.2, 0.25) is 11.6 Å². The molecule has 0 aliphatic heterocycles. The zero-order valence-electron chi connectivity index (χ0n) is 11.2. The van der Waals surface area contributed by atoms with Crippen molar-refractivity contribution in [3.05, 3.63) is 0 Å². The Bertz CT molecular complexity index is 239. The first-order valence-corrected chi connectivity index (χ1v) is 7.08. The van der Waals surface area contributed by atoms with Crippen molar-refractivity contribution in [2.24, 2.45) is 0 Å². The maximum atomic E-state index is 9.08. The fourth-order valence-corrected chi connectivity index (χ4v) is 2.86. The van der Waals surface area contributed by atoms with E-state index in [0.717, 1.165) is 44.9 Å². The molecule has 2 fully saturated rings. The summed E-state index contributed by atoms with van der Waals surface area (Å²) in [5.74, 6) is -1.64. The quantitative estimate of drug-likeness (QED) is 0.450. The molecule has 0 heterocycles. The highest BCUT2D eigenvalue weighted by Gasteiger charge is 2.43. The van der Waals surface area contributed by atoms with Crippen LogP contribution in [0.25, 0.3) is 0 Å². The highest BCUT2D eigenvalue weighted by molar-refractivity contribution is 4.77. The van der Waals surface area contributed by atoms with Crippen LogP contribution >= 0.6 is 0 Å². The lowest BCUT2D eigenvalue weighted by atomic mass is 9.94. The molecule has 0 aromatic rings. The summed E-state index contributed by atoms with van der Waals surface area (Å²) in [4.78, 5) is 15.6. The molecule has 0 saturated heterocycles. The van der Waals surface area contributed by atoms with Crippen molar-refractivity contribution in [2.45, 2.75) is 76.3 Å². The first-order valence-electron chi connectivity index (χ1n) is 7.08. The minimum atomic E-state index is -0.995. The van der Waals surface area contributed by atoms with Crippen molar-refractivity contribution >= 4 is 0 Å². The Balaban J connectivity index is 1.91. The molecule has 2 aliphatic carbocycles. The maximum Gasteiger partial charge on any atom is 0.233 e. The number of hydrogen-bond donors (Lipinski definition) is 1. The summed E-state index contributed by atoms with van der Waals surface area (Å²) in [6.07, 6.45) is 8.25. The first kappa shape index (κ1) is 14.2. The molecule has 0 atom stereocenters. The van der Waals surface area contributed by atoms with Gasteiger partial charge in [0.15, 0.2) is 0 Å². The van der Waals surface area contributed by atoms with Crippen molar-refractivity contribution in [1.82, 2.24) is 0 Å². The van der Waals surface area contributed by atoms with Gasteiger partial charge in [-0.1, -0.05) is 6.42 Å². The molecule has 2 saturated carbocycles. The minimum Gasteiger partial charge on any atom is -0.348 e. The normalized spacial score (nSPS) is 26.3. The third kappa shape index (κ3) is 3.22. The highest BCUT2D eigenvalue weighted by Crippen LogP contribution is 2.38. The monoisotopic (exact) mass is 260 g/mol.